The lowest BCUT2D eigenvalue weighted by Crippen LogP contribution is -2.16. The highest BCUT2D eigenvalue weighted by atomic mass is 16.5. The zero-order chi connectivity index (χ0) is 22.5. The van der Waals surface area contributed by atoms with E-state index >= 15 is 0 Å². The highest BCUT2D eigenvalue weighted by Gasteiger charge is 2.18. The third kappa shape index (κ3) is 4.42. The Hall–Kier alpha value is -4.25. The maximum atomic E-state index is 13.1. The molecule has 158 valence electrons. The minimum atomic E-state index is -0.515. The van der Waals surface area contributed by atoms with Gasteiger partial charge >= 0.3 is 5.97 Å². The van der Waals surface area contributed by atoms with Crippen molar-refractivity contribution in [2.24, 2.45) is 0 Å². The van der Waals surface area contributed by atoms with Gasteiger partial charge in [0.05, 0.1) is 23.9 Å². The molecule has 0 spiro atoms. The predicted octanol–water partition coefficient (Wildman–Crippen LogP) is 5.76. The molecule has 1 N–H and O–H groups in total. The van der Waals surface area contributed by atoms with Gasteiger partial charge in [-0.1, -0.05) is 60.7 Å². The molecule has 1 aromatic heterocycles. The van der Waals surface area contributed by atoms with Crippen LogP contribution < -0.4 is 5.32 Å². The molecule has 0 saturated heterocycles. The van der Waals surface area contributed by atoms with Crippen LogP contribution in [0, 0.1) is 6.92 Å². The van der Waals surface area contributed by atoms with Crippen molar-refractivity contribution in [2.75, 3.05) is 12.4 Å². The summed E-state index contributed by atoms with van der Waals surface area (Å²) in [5.41, 5.74) is 5.69. The molecule has 3 aromatic carbocycles. The number of hydrogen-bond acceptors (Lipinski definition) is 4. The van der Waals surface area contributed by atoms with Gasteiger partial charge in [0.15, 0.2) is 0 Å². The number of aryl methyl sites for hydroxylation is 1. The van der Waals surface area contributed by atoms with Crippen molar-refractivity contribution in [3.05, 3.63) is 108 Å². The number of esters is 1. The molecule has 0 saturated carbocycles. The first-order valence-corrected chi connectivity index (χ1v) is 10.2. The van der Waals surface area contributed by atoms with Crippen LogP contribution in [0.5, 0.6) is 0 Å². The molecule has 0 atom stereocenters. The lowest BCUT2D eigenvalue weighted by Gasteiger charge is -2.15. The third-order valence-electron chi connectivity index (χ3n) is 5.21. The summed E-state index contributed by atoms with van der Waals surface area (Å²) in [5, 5.41) is 2.88. The van der Waals surface area contributed by atoms with Gasteiger partial charge in [0.25, 0.3) is 5.91 Å². The van der Waals surface area contributed by atoms with Crippen molar-refractivity contribution in [2.45, 2.75) is 6.92 Å². The second kappa shape index (κ2) is 9.27. The van der Waals surface area contributed by atoms with E-state index in [0.29, 0.717) is 16.8 Å². The molecule has 1 amide bonds. The van der Waals surface area contributed by atoms with Crippen LogP contribution in [0.3, 0.4) is 0 Å². The molecule has 1 heterocycles. The van der Waals surface area contributed by atoms with E-state index in [0.717, 1.165) is 27.8 Å². The maximum absolute atomic E-state index is 13.1. The Labute approximate surface area is 186 Å². The van der Waals surface area contributed by atoms with E-state index in [1.54, 1.807) is 18.3 Å². The van der Waals surface area contributed by atoms with Crippen LogP contribution in [0.1, 0.15) is 26.3 Å². The van der Waals surface area contributed by atoms with Crippen molar-refractivity contribution in [1.29, 1.82) is 0 Å². The fourth-order valence-corrected chi connectivity index (χ4v) is 3.57. The predicted molar refractivity (Wildman–Crippen MR) is 126 cm³/mol. The molecule has 4 rings (SSSR count). The minimum Gasteiger partial charge on any atom is -0.465 e. The lowest BCUT2D eigenvalue weighted by atomic mass is 9.96. The molecular formula is C27H22N2O3. The quantitative estimate of drug-likeness (QED) is 0.415. The molecule has 0 aliphatic heterocycles. The van der Waals surface area contributed by atoms with E-state index < -0.39 is 5.97 Å². The van der Waals surface area contributed by atoms with E-state index in [2.05, 4.69) is 10.3 Å². The van der Waals surface area contributed by atoms with Gasteiger partial charge in [-0.3, -0.25) is 9.78 Å². The van der Waals surface area contributed by atoms with Crippen molar-refractivity contribution in [3.8, 4) is 22.3 Å². The van der Waals surface area contributed by atoms with Gasteiger partial charge in [-0.05, 0) is 47.4 Å². The van der Waals surface area contributed by atoms with Crippen LogP contribution in [0.15, 0.2) is 91.3 Å². The third-order valence-corrected chi connectivity index (χ3v) is 5.21. The number of nitrogens with zero attached hydrogens (tertiary/aromatic N) is 1. The molecule has 0 aliphatic rings. The normalized spacial score (nSPS) is 10.4. The number of pyridine rings is 1. The molecule has 5 heteroatoms. The Morgan fingerprint density at radius 1 is 0.812 bits per heavy atom. The highest BCUT2D eigenvalue weighted by molar-refractivity contribution is 6.09. The summed E-state index contributed by atoms with van der Waals surface area (Å²) in [5.74, 6) is -0.873. The first kappa shape index (κ1) is 21.0. The standard InChI is InChI=1S/C27H22N2O3/c1-18-13-24(27(31)32-2)25(15-23(18)20-11-7-4-8-12-20)29-26(30)22-14-21(16-28-17-22)19-9-5-3-6-10-19/h3-17H,1-2H3,(H,29,30). The molecule has 0 radical (unpaired) electrons. The zero-order valence-corrected chi connectivity index (χ0v) is 17.8. The Morgan fingerprint density at radius 3 is 2.12 bits per heavy atom. The monoisotopic (exact) mass is 422 g/mol. The average molecular weight is 422 g/mol. The van der Waals surface area contributed by atoms with Gasteiger partial charge in [-0.2, -0.15) is 0 Å². The fraction of sp³-hybridized carbons (Fsp3) is 0.0741. The average Bonchev–Trinajstić information content (AvgIpc) is 2.85. The Balaban J connectivity index is 1.71. The summed E-state index contributed by atoms with van der Waals surface area (Å²) < 4.78 is 4.94. The van der Waals surface area contributed by atoms with Gasteiger partial charge in [-0.15, -0.1) is 0 Å². The first-order chi connectivity index (χ1) is 15.6. The smallest absolute Gasteiger partial charge is 0.339 e. The van der Waals surface area contributed by atoms with Crippen molar-refractivity contribution >= 4 is 17.6 Å². The van der Waals surface area contributed by atoms with Gasteiger partial charge in [0.2, 0.25) is 0 Å². The molecule has 4 aromatic rings. The van der Waals surface area contributed by atoms with Crippen LogP contribution in [-0.2, 0) is 4.74 Å². The number of ether oxygens (including phenoxy) is 1. The molecule has 0 aliphatic carbocycles. The number of hydrogen-bond donors (Lipinski definition) is 1. The van der Waals surface area contributed by atoms with Gasteiger partial charge in [0, 0.05) is 18.0 Å². The number of amides is 1. The van der Waals surface area contributed by atoms with Gasteiger partial charge < -0.3 is 10.1 Å². The summed E-state index contributed by atoms with van der Waals surface area (Å²) in [6.45, 7) is 1.92. The number of nitrogens with one attached hydrogen (secondary N) is 1. The van der Waals surface area contributed by atoms with Crippen molar-refractivity contribution in [3.63, 3.8) is 0 Å². The Kier molecular flexibility index (Phi) is 6.08. The number of benzene rings is 3. The van der Waals surface area contributed by atoms with Crippen LogP contribution in [0.2, 0.25) is 0 Å². The van der Waals surface area contributed by atoms with E-state index in [4.69, 9.17) is 4.74 Å². The second-order valence-corrected chi connectivity index (χ2v) is 7.35. The lowest BCUT2D eigenvalue weighted by molar-refractivity contribution is 0.0602. The number of rotatable bonds is 5. The number of aromatic nitrogens is 1. The minimum absolute atomic E-state index is 0.296. The Morgan fingerprint density at radius 2 is 1.47 bits per heavy atom. The van der Waals surface area contributed by atoms with E-state index in [1.165, 1.54) is 13.3 Å². The van der Waals surface area contributed by atoms with Crippen LogP contribution in [-0.4, -0.2) is 24.0 Å². The SMILES string of the molecule is COC(=O)c1cc(C)c(-c2ccccc2)cc1NC(=O)c1cncc(-c2ccccc2)c1. The number of carbonyl (C=O) groups is 2. The summed E-state index contributed by atoms with van der Waals surface area (Å²) in [6.07, 6.45) is 3.22. The number of carbonyl (C=O) groups excluding carboxylic acids is 2. The molecule has 5 nitrogen and oxygen atoms in total. The first-order valence-electron chi connectivity index (χ1n) is 10.2. The van der Waals surface area contributed by atoms with E-state index in [1.807, 2.05) is 73.7 Å². The summed E-state index contributed by atoms with van der Waals surface area (Å²) >= 11 is 0. The van der Waals surface area contributed by atoms with Crippen LogP contribution in [0.25, 0.3) is 22.3 Å². The van der Waals surface area contributed by atoms with E-state index in [9.17, 15) is 9.59 Å². The molecule has 0 unspecified atom stereocenters. The van der Waals surface area contributed by atoms with Crippen LogP contribution in [0.4, 0.5) is 5.69 Å². The summed E-state index contributed by atoms with van der Waals surface area (Å²) in [7, 11) is 1.32. The number of anilines is 1. The molecule has 0 bridgehead atoms. The summed E-state index contributed by atoms with van der Waals surface area (Å²) in [4.78, 5) is 29.7. The molecular weight excluding hydrogens is 400 g/mol. The molecule has 32 heavy (non-hydrogen) atoms. The second-order valence-electron chi connectivity index (χ2n) is 7.35. The highest BCUT2D eigenvalue weighted by Crippen LogP contribution is 2.30. The Bertz CT molecular complexity index is 1270. The van der Waals surface area contributed by atoms with Crippen LogP contribution >= 0.6 is 0 Å². The number of methoxy groups -OCH3 is 1. The van der Waals surface area contributed by atoms with Gasteiger partial charge in [-0.25, -0.2) is 4.79 Å². The van der Waals surface area contributed by atoms with Gasteiger partial charge in [0.1, 0.15) is 0 Å². The van der Waals surface area contributed by atoms with Crippen molar-refractivity contribution < 1.29 is 14.3 Å². The van der Waals surface area contributed by atoms with Crippen molar-refractivity contribution in [1.82, 2.24) is 4.98 Å². The summed E-state index contributed by atoms with van der Waals surface area (Å²) in [6, 6.07) is 24.8. The largest absolute Gasteiger partial charge is 0.465 e. The fourth-order valence-electron chi connectivity index (χ4n) is 3.57. The van der Waals surface area contributed by atoms with E-state index in [-0.39, 0.29) is 5.91 Å². The zero-order valence-electron chi connectivity index (χ0n) is 17.8. The molecule has 0 fully saturated rings. The topological polar surface area (TPSA) is 68.3 Å². The maximum Gasteiger partial charge on any atom is 0.339 e.